The highest BCUT2D eigenvalue weighted by Crippen LogP contribution is 2.15. The lowest BCUT2D eigenvalue weighted by Crippen LogP contribution is -2.40. The maximum atomic E-state index is 11.9. The van der Waals surface area contributed by atoms with Crippen molar-refractivity contribution in [1.82, 2.24) is 10.2 Å². The molecule has 0 bridgehead atoms. The van der Waals surface area contributed by atoms with E-state index in [0.717, 1.165) is 38.8 Å². The van der Waals surface area contributed by atoms with Gasteiger partial charge in [0.1, 0.15) is 11.4 Å². The largest absolute Gasteiger partial charge is 0.390 e. The number of unbranched alkanes of at least 4 members (excludes halogenated alkanes) is 10. The quantitative estimate of drug-likeness (QED) is 0.158. The summed E-state index contributed by atoms with van der Waals surface area (Å²) < 4.78 is 0. The lowest BCUT2D eigenvalue weighted by molar-refractivity contribution is 0.135. The summed E-state index contributed by atoms with van der Waals surface area (Å²) in [6.07, 6.45) is 14.2. The molecule has 32 heavy (non-hydrogen) atoms. The van der Waals surface area contributed by atoms with Crippen LogP contribution in [0.2, 0.25) is 0 Å². The Balaban J connectivity index is 2.17. The minimum Gasteiger partial charge on any atom is -0.390 e. The molecule has 1 aromatic rings. The second-order valence-corrected chi connectivity index (χ2v) is 9.12. The first-order valence-corrected chi connectivity index (χ1v) is 12.8. The van der Waals surface area contributed by atoms with Crippen molar-refractivity contribution in [1.29, 1.82) is 0 Å². The number of nitrogens with zero attached hydrogens (tertiary/aromatic N) is 1. The number of rotatable bonds is 22. The van der Waals surface area contributed by atoms with Crippen molar-refractivity contribution in [2.45, 2.75) is 90.1 Å². The van der Waals surface area contributed by atoms with Gasteiger partial charge in [-0.1, -0.05) is 64.7 Å². The summed E-state index contributed by atoms with van der Waals surface area (Å²) >= 11 is 0. The first-order valence-electron chi connectivity index (χ1n) is 12.8. The van der Waals surface area contributed by atoms with Crippen molar-refractivity contribution in [2.24, 2.45) is 0 Å². The maximum absolute atomic E-state index is 11.9. The molecule has 4 N–H and O–H groups in total. The van der Waals surface area contributed by atoms with E-state index >= 15 is 0 Å². The average molecular weight is 453 g/mol. The van der Waals surface area contributed by atoms with Gasteiger partial charge in [-0.05, 0) is 46.4 Å². The fourth-order valence-electron chi connectivity index (χ4n) is 3.97. The Morgan fingerprint density at radius 1 is 0.781 bits per heavy atom. The fraction of sp³-hybridized carbons (Fsp3) is 0.840. The van der Waals surface area contributed by atoms with Gasteiger partial charge in [0.2, 0.25) is 0 Å². The number of hydrogen-bond acceptors (Lipinski definition) is 7. The Bertz CT molecular complexity index is 658. The molecule has 0 saturated heterocycles. The second kappa shape index (κ2) is 18.0. The van der Waals surface area contributed by atoms with E-state index in [-0.39, 0.29) is 6.54 Å². The average Bonchev–Trinajstić information content (AvgIpc) is 2.78. The van der Waals surface area contributed by atoms with Gasteiger partial charge in [-0.15, -0.1) is 0 Å². The van der Waals surface area contributed by atoms with Crippen LogP contribution in [-0.2, 0) is 0 Å². The molecule has 1 unspecified atom stereocenters. The summed E-state index contributed by atoms with van der Waals surface area (Å²) in [5.74, 6) is 0. The Morgan fingerprint density at radius 3 is 1.91 bits per heavy atom. The monoisotopic (exact) mass is 452 g/mol. The predicted octanol–water partition coefficient (Wildman–Crippen LogP) is 3.32. The van der Waals surface area contributed by atoms with Crippen molar-refractivity contribution in [3.8, 4) is 0 Å². The highest BCUT2D eigenvalue weighted by molar-refractivity contribution is 5.73. The van der Waals surface area contributed by atoms with E-state index < -0.39 is 17.0 Å². The van der Waals surface area contributed by atoms with Crippen LogP contribution in [0.1, 0.15) is 84.0 Å². The van der Waals surface area contributed by atoms with Crippen molar-refractivity contribution in [3.05, 3.63) is 20.4 Å². The van der Waals surface area contributed by atoms with E-state index in [4.69, 9.17) is 0 Å². The van der Waals surface area contributed by atoms with E-state index in [1.54, 1.807) is 0 Å². The van der Waals surface area contributed by atoms with Gasteiger partial charge in [-0.3, -0.25) is 9.59 Å². The molecular weight excluding hydrogens is 404 g/mol. The zero-order valence-corrected chi connectivity index (χ0v) is 20.8. The van der Waals surface area contributed by atoms with Crippen LogP contribution in [0.4, 0.5) is 11.4 Å². The lowest BCUT2D eigenvalue weighted by Gasteiger charge is -2.22. The summed E-state index contributed by atoms with van der Waals surface area (Å²) in [6.45, 7) is 5.66. The van der Waals surface area contributed by atoms with Crippen LogP contribution in [0.3, 0.4) is 0 Å². The maximum Gasteiger partial charge on any atom is 0.253 e. The molecule has 0 amide bonds. The number of aliphatic hydroxyl groups excluding tert-OH is 1. The van der Waals surface area contributed by atoms with Gasteiger partial charge in [0.25, 0.3) is 10.9 Å². The minimum absolute atomic E-state index is 0.263. The Morgan fingerprint density at radius 2 is 1.31 bits per heavy atom. The van der Waals surface area contributed by atoms with Crippen molar-refractivity contribution in [2.75, 3.05) is 57.5 Å². The molecule has 0 aliphatic carbocycles. The van der Waals surface area contributed by atoms with Crippen LogP contribution in [0.5, 0.6) is 0 Å². The SMILES string of the molecule is CCCCCCCCCCCCNc1c(NCC(O)CN(C)CCCCNC)c(=O)c1=O. The third-order valence-electron chi connectivity index (χ3n) is 6.00. The zero-order valence-electron chi connectivity index (χ0n) is 20.8. The van der Waals surface area contributed by atoms with Crippen molar-refractivity contribution in [3.63, 3.8) is 0 Å². The lowest BCUT2D eigenvalue weighted by atomic mass is 10.1. The summed E-state index contributed by atoms with van der Waals surface area (Å²) in [7, 11) is 3.93. The van der Waals surface area contributed by atoms with E-state index in [1.165, 1.54) is 51.4 Å². The van der Waals surface area contributed by atoms with Gasteiger partial charge in [0, 0.05) is 19.6 Å². The minimum atomic E-state index is -0.594. The highest BCUT2D eigenvalue weighted by Gasteiger charge is 2.21. The summed E-state index contributed by atoms with van der Waals surface area (Å²) in [6, 6.07) is 0. The predicted molar refractivity (Wildman–Crippen MR) is 137 cm³/mol. The molecule has 1 aromatic carbocycles. The summed E-state index contributed by atoms with van der Waals surface area (Å²) in [4.78, 5) is 25.9. The van der Waals surface area contributed by atoms with Gasteiger partial charge < -0.3 is 26.0 Å². The molecule has 0 spiro atoms. The number of hydrogen-bond donors (Lipinski definition) is 4. The molecular formula is C25H48N4O3. The third-order valence-corrected chi connectivity index (χ3v) is 6.00. The molecule has 1 atom stereocenters. The molecule has 7 heteroatoms. The second-order valence-electron chi connectivity index (χ2n) is 9.12. The molecule has 0 saturated carbocycles. The van der Waals surface area contributed by atoms with Crippen LogP contribution < -0.4 is 26.8 Å². The number of aliphatic hydroxyl groups is 1. The van der Waals surface area contributed by atoms with Crippen LogP contribution in [0.15, 0.2) is 9.59 Å². The number of likely N-dealkylation sites (N-methyl/N-ethyl adjacent to an activating group) is 1. The van der Waals surface area contributed by atoms with Crippen molar-refractivity contribution < 1.29 is 5.11 Å². The van der Waals surface area contributed by atoms with Crippen LogP contribution in [0, 0.1) is 0 Å². The first-order chi connectivity index (χ1) is 15.5. The molecule has 1 rings (SSSR count). The van der Waals surface area contributed by atoms with Gasteiger partial charge in [-0.25, -0.2) is 0 Å². The van der Waals surface area contributed by atoms with E-state index in [9.17, 15) is 14.7 Å². The molecule has 0 fully saturated rings. The van der Waals surface area contributed by atoms with Gasteiger partial charge in [-0.2, -0.15) is 0 Å². The smallest absolute Gasteiger partial charge is 0.253 e. The highest BCUT2D eigenvalue weighted by atomic mass is 16.3. The van der Waals surface area contributed by atoms with Gasteiger partial charge in [0.15, 0.2) is 0 Å². The van der Waals surface area contributed by atoms with Gasteiger partial charge >= 0.3 is 0 Å². The van der Waals surface area contributed by atoms with E-state index in [1.807, 2.05) is 14.1 Å². The molecule has 186 valence electrons. The van der Waals surface area contributed by atoms with Gasteiger partial charge in [0.05, 0.1) is 6.10 Å². The van der Waals surface area contributed by atoms with Crippen LogP contribution in [0.25, 0.3) is 0 Å². The molecule has 7 nitrogen and oxygen atoms in total. The zero-order chi connectivity index (χ0) is 23.6. The van der Waals surface area contributed by atoms with Crippen LogP contribution >= 0.6 is 0 Å². The Kier molecular flexibility index (Phi) is 16.1. The molecule has 0 aliphatic heterocycles. The normalized spacial score (nSPS) is 12.5. The molecule has 0 radical (unpaired) electrons. The van der Waals surface area contributed by atoms with E-state index in [0.29, 0.717) is 24.5 Å². The van der Waals surface area contributed by atoms with Crippen molar-refractivity contribution >= 4 is 11.4 Å². The molecule has 0 aliphatic rings. The third kappa shape index (κ3) is 12.0. The topological polar surface area (TPSA) is 93.7 Å². The number of nitrogens with one attached hydrogen (secondary N) is 3. The molecule has 0 aromatic heterocycles. The standard InChI is InChI=1S/C25H48N4O3/c1-4-5-6-7-8-9-10-11-12-13-17-27-22-23(25(32)24(22)31)28-19-21(30)20-29(3)18-15-14-16-26-2/h21,26-28,30H,4-20H2,1-3H3. The molecule has 0 heterocycles. The number of anilines is 2. The first kappa shape index (κ1) is 28.6. The Hall–Kier alpha value is -1.44. The Labute approximate surface area is 195 Å². The summed E-state index contributed by atoms with van der Waals surface area (Å²) in [5.41, 5.74) is -0.213. The fourth-order valence-corrected chi connectivity index (χ4v) is 3.97. The van der Waals surface area contributed by atoms with E-state index in [2.05, 4.69) is 27.8 Å². The van der Waals surface area contributed by atoms with Crippen LogP contribution in [-0.4, -0.2) is 62.9 Å². The summed E-state index contributed by atoms with van der Waals surface area (Å²) in [5, 5.41) is 19.5.